The van der Waals surface area contributed by atoms with Crippen molar-refractivity contribution in [2.45, 2.75) is 25.2 Å². The van der Waals surface area contributed by atoms with Gasteiger partial charge in [-0.3, -0.25) is 10.1 Å². The molecule has 0 fully saturated rings. The van der Waals surface area contributed by atoms with Crippen LogP contribution in [-0.2, 0) is 5.41 Å². The summed E-state index contributed by atoms with van der Waals surface area (Å²) in [5.41, 5.74) is 4.19. The van der Waals surface area contributed by atoms with Crippen LogP contribution in [0.15, 0.2) is 60.3 Å². The Balaban J connectivity index is 2.04. The molecule has 1 aliphatic heterocycles. The van der Waals surface area contributed by atoms with Gasteiger partial charge in [0.05, 0.1) is 13.0 Å². The van der Waals surface area contributed by atoms with Crippen LogP contribution in [0, 0.1) is 10.1 Å². The molecule has 5 nitrogen and oxygen atoms in total. The molecule has 3 rings (SSSR count). The Morgan fingerprint density at radius 3 is 2.42 bits per heavy atom. The zero-order valence-electron chi connectivity index (χ0n) is 15.6. The number of hydrogen-bond acceptors (Lipinski definition) is 4. The highest BCUT2D eigenvalue weighted by atomic mass is 16.6. The fourth-order valence-corrected chi connectivity index (χ4v) is 3.76. The molecule has 5 heteroatoms. The summed E-state index contributed by atoms with van der Waals surface area (Å²) in [5.74, 6) is 0.439. The molecule has 1 atom stereocenters. The molecular weight excluding hydrogens is 328 g/mol. The first-order valence-electron chi connectivity index (χ1n) is 8.66. The summed E-state index contributed by atoms with van der Waals surface area (Å²) >= 11 is 0. The molecule has 136 valence electrons. The van der Waals surface area contributed by atoms with E-state index >= 15 is 0 Å². The van der Waals surface area contributed by atoms with Crippen LogP contribution in [0.4, 0.5) is 5.69 Å². The van der Waals surface area contributed by atoms with E-state index in [9.17, 15) is 10.1 Å². The molecule has 0 aliphatic carbocycles. The molecule has 0 N–H and O–H groups in total. The van der Waals surface area contributed by atoms with Crippen LogP contribution in [-0.4, -0.2) is 25.6 Å². The van der Waals surface area contributed by atoms with Crippen molar-refractivity contribution in [1.29, 1.82) is 0 Å². The van der Waals surface area contributed by atoms with Crippen LogP contribution in [0.25, 0.3) is 0 Å². The average Bonchev–Trinajstić information content (AvgIpc) is 2.82. The molecule has 0 aromatic heterocycles. The molecule has 0 unspecified atom stereocenters. The predicted octanol–water partition coefficient (Wildman–Crippen LogP) is 4.37. The van der Waals surface area contributed by atoms with Gasteiger partial charge in [-0.25, -0.2) is 0 Å². The molecule has 1 heterocycles. The summed E-state index contributed by atoms with van der Waals surface area (Å²) in [6.45, 7) is 4.19. The van der Waals surface area contributed by atoms with Gasteiger partial charge in [-0.15, -0.1) is 0 Å². The van der Waals surface area contributed by atoms with Gasteiger partial charge in [0.15, 0.2) is 0 Å². The number of hydrogen-bond donors (Lipinski definition) is 0. The van der Waals surface area contributed by atoms with Gasteiger partial charge in [-0.2, -0.15) is 0 Å². The maximum Gasteiger partial charge on any atom is 0.214 e. The van der Waals surface area contributed by atoms with E-state index in [1.54, 1.807) is 7.11 Å². The zero-order valence-corrected chi connectivity index (χ0v) is 15.6. The van der Waals surface area contributed by atoms with Gasteiger partial charge in [-0.05, 0) is 29.3 Å². The van der Waals surface area contributed by atoms with Crippen molar-refractivity contribution in [3.63, 3.8) is 0 Å². The number of rotatable bonds is 5. The monoisotopic (exact) mass is 352 g/mol. The van der Waals surface area contributed by atoms with Crippen LogP contribution in [0.5, 0.6) is 5.75 Å². The lowest BCUT2D eigenvalue weighted by Crippen LogP contribution is -2.25. The van der Waals surface area contributed by atoms with Gasteiger partial charge < -0.3 is 9.64 Å². The summed E-state index contributed by atoms with van der Waals surface area (Å²) in [5, 5.41) is 11.3. The molecule has 0 spiro atoms. The molecule has 0 saturated carbocycles. The number of fused-ring (bicyclic) bond motifs is 1. The quantitative estimate of drug-likeness (QED) is 0.592. The van der Waals surface area contributed by atoms with Crippen LogP contribution < -0.4 is 9.64 Å². The lowest BCUT2D eigenvalue weighted by molar-refractivity contribution is -0.481. The van der Waals surface area contributed by atoms with Crippen molar-refractivity contribution >= 4 is 5.69 Å². The van der Waals surface area contributed by atoms with E-state index in [4.69, 9.17) is 4.74 Å². The van der Waals surface area contributed by atoms with E-state index in [-0.39, 0.29) is 22.8 Å². The molecule has 2 aromatic carbocycles. The van der Waals surface area contributed by atoms with Crippen molar-refractivity contribution in [2.24, 2.45) is 0 Å². The van der Waals surface area contributed by atoms with E-state index < -0.39 is 0 Å². The van der Waals surface area contributed by atoms with E-state index in [0.29, 0.717) is 0 Å². The highest BCUT2D eigenvalue weighted by Gasteiger charge is 2.39. The highest BCUT2D eigenvalue weighted by molar-refractivity contribution is 5.70. The van der Waals surface area contributed by atoms with Crippen LogP contribution in [0.2, 0.25) is 0 Å². The fourth-order valence-electron chi connectivity index (χ4n) is 3.76. The maximum atomic E-state index is 11.3. The summed E-state index contributed by atoms with van der Waals surface area (Å²) < 4.78 is 5.20. The lowest BCUT2D eigenvalue weighted by Gasteiger charge is -2.26. The summed E-state index contributed by atoms with van der Waals surface area (Å²) in [6, 6.07) is 15.8. The van der Waals surface area contributed by atoms with Crippen molar-refractivity contribution in [1.82, 2.24) is 0 Å². The van der Waals surface area contributed by atoms with Gasteiger partial charge in [-0.1, -0.05) is 50.3 Å². The van der Waals surface area contributed by atoms with Crippen LogP contribution in [0.3, 0.4) is 0 Å². The Morgan fingerprint density at radius 2 is 1.85 bits per heavy atom. The summed E-state index contributed by atoms with van der Waals surface area (Å²) in [4.78, 5) is 13.2. The number of anilines is 1. The number of benzene rings is 2. The molecular formula is C21H24N2O3. The predicted molar refractivity (Wildman–Crippen MR) is 104 cm³/mol. The second kappa shape index (κ2) is 6.83. The Kier molecular flexibility index (Phi) is 4.72. The topological polar surface area (TPSA) is 55.6 Å². The van der Waals surface area contributed by atoms with Gasteiger partial charge in [0, 0.05) is 28.8 Å². The molecule has 0 bridgehead atoms. The molecule has 0 amide bonds. The normalized spacial score (nSPS) is 17.8. The van der Waals surface area contributed by atoms with E-state index in [1.807, 2.05) is 49.5 Å². The van der Waals surface area contributed by atoms with Crippen LogP contribution in [0.1, 0.15) is 30.9 Å². The molecule has 0 saturated heterocycles. The summed E-state index contributed by atoms with van der Waals surface area (Å²) in [7, 11) is 3.63. The maximum absolute atomic E-state index is 11.3. The van der Waals surface area contributed by atoms with Crippen molar-refractivity contribution < 1.29 is 9.66 Å². The lowest BCUT2D eigenvalue weighted by atomic mass is 9.82. The van der Waals surface area contributed by atoms with E-state index in [2.05, 4.69) is 30.9 Å². The zero-order chi connectivity index (χ0) is 18.9. The standard InChI is InChI=1S/C21H24N2O3/c1-21(2)18-7-5-6-8-19(18)22(3)20(21)13-16(14-23(24)25)15-9-11-17(26-4)12-10-15/h5-13,16H,14H2,1-4H3/b20-13+/t16-/m1/s1. The SMILES string of the molecule is COc1ccc([C@H](/C=C2/N(C)c3ccccc3C2(C)C)C[N+](=O)[O-])cc1. The van der Waals surface area contributed by atoms with Gasteiger partial charge in [0.25, 0.3) is 0 Å². The number of nitrogens with zero attached hydrogens (tertiary/aromatic N) is 2. The first-order chi connectivity index (χ1) is 12.3. The minimum atomic E-state index is -0.304. The van der Waals surface area contributed by atoms with E-state index in [0.717, 1.165) is 22.7 Å². The first-order valence-corrected chi connectivity index (χ1v) is 8.66. The fraction of sp³-hybridized carbons (Fsp3) is 0.333. The summed E-state index contributed by atoms with van der Waals surface area (Å²) in [6.07, 6.45) is 2.05. The van der Waals surface area contributed by atoms with Crippen molar-refractivity contribution in [3.8, 4) is 5.75 Å². The molecule has 26 heavy (non-hydrogen) atoms. The Labute approximate surface area is 154 Å². The minimum absolute atomic E-state index is 0.143. The first kappa shape index (κ1) is 18.0. The highest BCUT2D eigenvalue weighted by Crippen LogP contribution is 2.47. The minimum Gasteiger partial charge on any atom is -0.497 e. The van der Waals surface area contributed by atoms with Gasteiger partial charge >= 0.3 is 0 Å². The van der Waals surface area contributed by atoms with E-state index in [1.165, 1.54) is 5.56 Å². The number of allylic oxidation sites excluding steroid dienone is 1. The van der Waals surface area contributed by atoms with Crippen molar-refractivity contribution in [3.05, 3.63) is 81.5 Å². The number of ether oxygens (including phenoxy) is 1. The smallest absolute Gasteiger partial charge is 0.214 e. The Hall–Kier alpha value is -2.82. The van der Waals surface area contributed by atoms with Crippen molar-refractivity contribution in [2.75, 3.05) is 25.6 Å². The third-order valence-electron chi connectivity index (χ3n) is 5.19. The van der Waals surface area contributed by atoms with Gasteiger partial charge in [0.2, 0.25) is 6.54 Å². The molecule has 0 radical (unpaired) electrons. The average molecular weight is 352 g/mol. The third-order valence-corrected chi connectivity index (χ3v) is 5.19. The number of nitro groups is 1. The third kappa shape index (κ3) is 3.17. The molecule has 2 aromatic rings. The number of methoxy groups -OCH3 is 1. The second-order valence-corrected chi connectivity index (χ2v) is 7.15. The Morgan fingerprint density at radius 1 is 1.19 bits per heavy atom. The second-order valence-electron chi connectivity index (χ2n) is 7.15. The van der Waals surface area contributed by atoms with Gasteiger partial charge in [0.1, 0.15) is 5.75 Å². The number of likely N-dealkylation sites (N-methyl/N-ethyl adjacent to an activating group) is 1. The number of para-hydroxylation sites is 1. The Bertz CT molecular complexity index is 841. The molecule has 1 aliphatic rings. The van der Waals surface area contributed by atoms with Crippen LogP contribution >= 0.6 is 0 Å². The largest absolute Gasteiger partial charge is 0.497 e.